The summed E-state index contributed by atoms with van der Waals surface area (Å²) in [5, 5.41) is 0. The Morgan fingerprint density at radius 2 is 2.21 bits per heavy atom. The predicted octanol–water partition coefficient (Wildman–Crippen LogP) is 1.76. The van der Waals surface area contributed by atoms with Crippen LogP contribution in [0, 0.1) is 0 Å². The summed E-state index contributed by atoms with van der Waals surface area (Å²) in [4.78, 5) is 6.31. The Morgan fingerprint density at radius 1 is 1.57 bits per heavy atom. The maximum atomic E-state index is 5.46. The van der Waals surface area contributed by atoms with Gasteiger partial charge in [-0.2, -0.15) is 4.98 Å². The van der Waals surface area contributed by atoms with Gasteiger partial charge in [-0.05, 0) is 20.3 Å². The molecule has 0 bridgehead atoms. The second kappa shape index (κ2) is 4.00. The van der Waals surface area contributed by atoms with E-state index in [2.05, 4.69) is 25.8 Å². The van der Waals surface area contributed by atoms with Crippen molar-refractivity contribution in [3.05, 3.63) is 12.0 Å². The first kappa shape index (κ1) is 11.0. The number of nitrogens with two attached hydrogens (primary N) is 1. The van der Waals surface area contributed by atoms with Crippen LogP contribution in [0.3, 0.4) is 0 Å². The summed E-state index contributed by atoms with van der Waals surface area (Å²) in [6.07, 6.45) is 2.64. The van der Waals surface area contributed by atoms with Gasteiger partial charge in [-0.25, -0.2) is 0 Å². The largest absolute Gasteiger partial charge is 0.432 e. The second-order valence-electron chi connectivity index (χ2n) is 4.05. The molecular weight excluding hydrogens is 178 g/mol. The highest BCUT2D eigenvalue weighted by Crippen LogP contribution is 2.23. The zero-order chi connectivity index (χ0) is 10.8. The molecule has 0 unspecified atom stereocenters. The van der Waals surface area contributed by atoms with Crippen LogP contribution in [-0.2, 0) is 6.54 Å². The van der Waals surface area contributed by atoms with Gasteiger partial charge in [0.2, 0.25) is 0 Å². The van der Waals surface area contributed by atoms with Crippen LogP contribution in [0.25, 0.3) is 0 Å². The molecule has 2 N–H and O–H groups in total. The van der Waals surface area contributed by atoms with Gasteiger partial charge in [-0.3, -0.25) is 0 Å². The van der Waals surface area contributed by atoms with Crippen molar-refractivity contribution in [2.24, 2.45) is 5.73 Å². The monoisotopic (exact) mass is 197 g/mol. The van der Waals surface area contributed by atoms with Crippen LogP contribution in [0.2, 0.25) is 0 Å². The molecule has 14 heavy (non-hydrogen) atoms. The molecule has 0 aliphatic heterocycles. The van der Waals surface area contributed by atoms with Crippen LogP contribution in [0.15, 0.2) is 10.7 Å². The zero-order valence-electron chi connectivity index (χ0n) is 9.37. The molecule has 1 heterocycles. The summed E-state index contributed by atoms with van der Waals surface area (Å²) in [6.45, 7) is 6.87. The number of hydrogen-bond acceptors (Lipinski definition) is 4. The van der Waals surface area contributed by atoms with E-state index in [1.54, 1.807) is 6.26 Å². The third kappa shape index (κ3) is 2.07. The predicted molar refractivity (Wildman–Crippen MR) is 57.2 cm³/mol. The molecule has 0 aliphatic rings. The van der Waals surface area contributed by atoms with Crippen LogP contribution < -0.4 is 10.6 Å². The summed E-state index contributed by atoms with van der Waals surface area (Å²) in [7, 11) is 1.98. The highest BCUT2D eigenvalue weighted by atomic mass is 16.4. The van der Waals surface area contributed by atoms with Crippen LogP contribution >= 0.6 is 0 Å². The van der Waals surface area contributed by atoms with Gasteiger partial charge < -0.3 is 15.1 Å². The topological polar surface area (TPSA) is 55.3 Å². The fraction of sp³-hybridized carbons (Fsp3) is 0.700. The van der Waals surface area contributed by atoms with Crippen molar-refractivity contribution < 1.29 is 4.42 Å². The Bertz CT molecular complexity index is 293. The minimum atomic E-state index is 0.0523. The molecule has 1 rings (SSSR count). The molecule has 0 saturated heterocycles. The van der Waals surface area contributed by atoms with Gasteiger partial charge in [-0.15, -0.1) is 0 Å². The Kier molecular flexibility index (Phi) is 3.16. The van der Waals surface area contributed by atoms with Crippen molar-refractivity contribution in [1.29, 1.82) is 0 Å². The van der Waals surface area contributed by atoms with Crippen LogP contribution in [0.1, 0.15) is 32.9 Å². The number of nitrogens with zero attached hydrogens (tertiary/aromatic N) is 2. The minimum Gasteiger partial charge on any atom is -0.432 e. The first-order valence-corrected chi connectivity index (χ1v) is 4.89. The van der Waals surface area contributed by atoms with Gasteiger partial charge in [0.15, 0.2) is 0 Å². The molecule has 4 heteroatoms. The standard InChI is InChI=1S/C10H19N3O/c1-5-10(2,3)13(4)9-12-8(6-11)7-14-9/h7H,5-6,11H2,1-4H3. The molecule has 0 amide bonds. The van der Waals surface area contributed by atoms with Crippen LogP contribution in [0.5, 0.6) is 0 Å². The van der Waals surface area contributed by atoms with Gasteiger partial charge in [-0.1, -0.05) is 6.92 Å². The molecule has 80 valence electrons. The molecule has 4 nitrogen and oxygen atoms in total. The van der Waals surface area contributed by atoms with Crippen molar-refractivity contribution in [3.63, 3.8) is 0 Å². The van der Waals surface area contributed by atoms with E-state index in [4.69, 9.17) is 10.2 Å². The summed E-state index contributed by atoms with van der Waals surface area (Å²) < 4.78 is 5.34. The first-order valence-electron chi connectivity index (χ1n) is 4.89. The second-order valence-corrected chi connectivity index (χ2v) is 4.05. The molecule has 0 aromatic carbocycles. The van der Waals surface area contributed by atoms with E-state index in [1.807, 2.05) is 11.9 Å². The average Bonchev–Trinajstić information content (AvgIpc) is 2.64. The average molecular weight is 197 g/mol. The normalized spacial score (nSPS) is 11.8. The number of hydrogen-bond donors (Lipinski definition) is 1. The Morgan fingerprint density at radius 3 is 2.64 bits per heavy atom. The lowest BCUT2D eigenvalue weighted by Crippen LogP contribution is -2.40. The molecule has 0 atom stereocenters. The number of oxazole rings is 1. The zero-order valence-corrected chi connectivity index (χ0v) is 9.37. The molecule has 1 aromatic rings. The van der Waals surface area contributed by atoms with E-state index in [0.717, 1.165) is 12.1 Å². The molecule has 0 saturated carbocycles. The summed E-state index contributed by atoms with van der Waals surface area (Å²) in [6, 6.07) is 0.636. The molecule has 0 spiro atoms. The van der Waals surface area contributed by atoms with Crippen LogP contribution in [0.4, 0.5) is 6.01 Å². The highest BCUT2D eigenvalue weighted by molar-refractivity contribution is 5.29. The van der Waals surface area contributed by atoms with E-state index >= 15 is 0 Å². The minimum absolute atomic E-state index is 0.0523. The Labute approximate surface area is 85.1 Å². The van der Waals surface area contributed by atoms with Crippen molar-refractivity contribution >= 4 is 6.01 Å². The third-order valence-electron chi connectivity index (χ3n) is 2.81. The number of anilines is 1. The van der Waals surface area contributed by atoms with Crippen molar-refractivity contribution in [2.45, 2.75) is 39.3 Å². The molecule has 0 aliphatic carbocycles. The Balaban J connectivity index is 2.83. The van der Waals surface area contributed by atoms with Gasteiger partial charge in [0, 0.05) is 19.1 Å². The van der Waals surface area contributed by atoms with Gasteiger partial charge in [0.05, 0.1) is 5.69 Å². The highest BCUT2D eigenvalue weighted by Gasteiger charge is 2.24. The lowest BCUT2D eigenvalue weighted by Gasteiger charge is -2.33. The van der Waals surface area contributed by atoms with E-state index < -0.39 is 0 Å². The van der Waals surface area contributed by atoms with Gasteiger partial charge >= 0.3 is 0 Å². The lowest BCUT2D eigenvalue weighted by molar-refractivity contribution is 0.424. The fourth-order valence-corrected chi connectivity index (χ4v) is 1.04. The van der Waals surface area contributed by atoms with Crippen molar-refractivity contribution in [3.8, 4) is 0 Å². The quantitative estimate of drug-likeness (QED) is 0.799. The van der Waals surface area contributed by atoms with Gasteiger partial charge in [0.1, 0.15) is 6.26 Å². The van der Waals surface area contributed by atoms with E-state index in [1.165, 1.54) is 0 Å². The summed E-state index contributed by atoms with van der Waals surface area (Å²) >= 11 is 0. The third-order valence-corrected chi connectivity index (χ3v) is 2.81. The SMILES string of the molecule is CCC(C)(C)N(C)c1nc(CN)co1. The summed E-state index contributed by atoms with van der Waals surface area (Å²) in [5.41, 5.74) is 6.31. The molecular formula is C10H19N3O. The first-order chi connectivity index (χ1) is 6.51. The molecule has 0 fully saturated rings. The number of aromatic nitrogens is 1. The molecule has 1 aromatic heterocycles. The van der Waals surface area contributed by atoms with Crippen LogP contribution in [-0.4, -0.2) is 17.6 Å². The lowest BCUT2D eigenvalue weighted by atomic mass is 10.0. The van der Waals surface area contributed by atoms with Gasteiger partial charge in [0.25, 0.3) is 6.01 Å². The van der Waals surface area contributed by atoms with E-state index in [-0.39, 0.29) is 5.54 Å². The fourth-order valence-electron chi connectivity index (χ4n) is 1.04. The summed E-state index contributed by atoms with van der Waals surface area (Å²) in [5.74, 6) is 0. The van der Waals surface area contributed by atoms with Crippen molar-refractivity contribution in [2.75, 3.05) is 11.9 Å². The maximum absolute atomic E-state index is 5.46. The van der Waals surface area contributed by atoms with E-state index in [9.17, 15) is 0 Å². The molecule has 0 radical (unpaired) electrons. The van der Waals surface area contributed by atoms with Crippen molar-refractivity contribution in [1.82, 2.24) is 4.98 Å². The van der Waals surface area contributed by atoms with E-state index in [0.29, 0.717) is 12.6 Å². The smallest absolute Gasteiger partial charge is 0.297 e. The Hall–Kier alpha value is -1.03. The number of rotatable bonds is 4. The maximum Gasteiger partial charge on any atom is 0.297 e.